The highest BCUT2D eigenvalue weighted by atomic mass is 15.0. The molecule has 8 atom stereocenters. The Morgan fingerprint density at radius 1 is 1.08 bits per heavy atom. The average molecular weight is 174 g/mol. The van der Waals surface area contributed by atoms with E-state index in [0.717, 1.165) is 5.41 Å². The van der Waals surface area contributed by atoms with Crippen LogP contribution in [0.3, 0.4) is 0 Å². The van der Waals surface area contributed by atoms with Crippen molar-refractivity contribution in [3.8, 4) is 0 Å². The van der Waals surface area contributed by atoms with Crippen molar-refractivity contribution < 1.29 is 0 Å². The number of unbranched alkanes of at least 4 members (excludes halogenated alkanes) is 1. The molecule has 70 valence electrons. The smallest absolute Gasteiger partial charge is 0.0195 e. The maximum atomic E-state index is 2.36. The molecule has 0 saturated heterocycles. The van der Waals surface area contributed by atoms with Crippen molar-refractivity contribution in [3.63, 3.8) is 0 Å². The van der Waals surface area contributed by atoms with E-state index >= 15 is 0 Å². The third-order valence-electron chi connectivity index (χ3n) is 6.69. The highest BCUT2D eigenvalue weighted by Gasteiger charge is 2.96. The summed E-state index contributed by atoms with van der Waals surface area (Å²) in [6, 6.07) is 0. The standard InChI is InChI=1S/C13H18/c1-2-3-4-13-10-6-5-7(11(10)13)9-8(6)12(9)13/h6-12H,2-5H2,1H3/t6-,7+,8-,9-,10+,11+,12?,13?/m1/s1. The molecule has 6 aliphatic rings. The summed E-state index contributed by atoms with van der Waals surface area (Å²) in [5, 5.41) is 0. The van der Waals surface area contributed by atoms with Crippen LogP contribution in [0.15, 0.2) is 0 Å². The van der Waals surface area contributed by atoms with Gasteiger partial charge < -0.3 is 0 Å². The first-order chi connectivity index (χ1) is 6.41. The van der Waals surface area contributed by atoms with Gasteiger partial charge in [0.05, 0.1) is 0 Å². The molecule has 0 heterocycles. The Balaban J connectivity index is 1.57. The summed E-state index contributed by atoms with van der Waals surface area (Å²) in [5.74, 6) is 8.96. The molecule has 13 heavy (non-hydrogen) atoms. The molecule has 0 spiro atoms. The fourth-order valence-electron chi connectivity index (χ4n) is 6.86. The molecular weight excluding hydrogens is 156 g/mol. The van der Waals surface area contributed by atoms with Crippen LogP contribution in [0.4, 0.5) is 0 Å². The second kappa shape index (κ2) is 1.51. The molecule has 0 aromatic carbocycles. The van der Waals surface area contributed by atoms with Gasteiger partial charge in [-0.2, -0.15) is 0 Å². The summed E-state index contributed by atoms with van der Waals surface area (Å²) in [7, 11) is 0. The van der Waals surface area contributed by atoms with E-state index in [2.05, 4.69) is 6.92 Å². The molecule has 0 N–H and O–H groups in total. The second-order valence-electron chi connectivity index (χ2n) is 6.51. The van der Waals surface area contributed by atoms with Gasteiger partial charge in [0.1, 0.15) is 0 Å². The quantitative estimate of drug-likeness (QED) is 0.617. The van der Waals surface area contributed by atoms with Crippen LogP contribution in [0.5, 0.6) is 0 Å². The predicted molar refractivity (Wildman–Crippen MR) is 51.0 cm³/mol. The zero-order chi connectivity index (χ0) is 8.37. The SMILES string of the molecule is CCCCC12C3[C@@H]4[C@H]5C[C@@H]([C@@H]34)[C@H]1[C@H]52. The summed E-state index contributed by atoms with van der Waals surface area (Å²) in [6.07, 6.45) is 6.26. The molecule has 0 nitrogen and oxygen atoms in total. The topological polar surface area (TPSA) is 0 Å². The summed E-state index contributed by atoms with van der Waals surface area (Å²) in [4.78, 5) is 0. The summed E-state index contributed by atoms with van der Waals surface area (Å²) >= 11 is 0. The van der Waals surface area contributed by atoms with E-state index in [1.807, 2.05) is 0 Å². The molecule has 2 unspecified atom stereocenters. The van der Waals surface area contributed by atoms with Crippen LogP contribution in [-0.2, 0) is 0 Å². The second-order valence-corrected chi connectivity index (χ2v) is 6.51. The summed E-state index contributed by atoms with van der Waals surface area (Å²) in [6.45, 7) is 2.36. The lowest BCUT2D eigenvalue weighted by Crippen LogP contribution is -2.05. The van der Waals surface area contributed by atoms with Gasteiger partial charge in [-0.05, 0) is 59.7 Å². The Morgan fingerprint density at radius 3 is 2.23 bits per heavy atom. The molecule has 6 aliphatic carbocycles. The largest absolute Gasteiger partial charge is 0.0654 e. The molecule has 0 aromatic heterocycles. The van der Waals surface area contributed by atoms with Crippen molar-refractivity contribution in [3.05, 3.63) is 0 Å². The number of hydrogen-bond donors (Lipinski definition) is 0. The Labute approximate surface area is 80.1 Å². The van der Waals surface area contributed by atoms with Crippen LogP contribution >= 0.6 is 0 Å². The van der Waals surface area contributed by atoms with E-state index in [4.69, 9.17) is 0 Å². The minimum absolute atomic E-state index is 0.999. The van der Waals surface area contributed by atoms with Crippen molar-refractivity contribution in [2.45, 2.75) is 32.6 Å². The van der Waals surface area contributed by atoms with Crippen molar-refractivity contribution in [2.75, 3.05) is 0 Å². The van der Waals surface area contributed by atoms with Crippen molar-refractivity contribution in [2.24, 2.45) is 46.8 Å². The van der Waals surface area contributed by atoms with E-state index in [9.17, 15) is 0 Å². The lowest BCUT2D eigenvalue weighted by molar-refractivity contribution is 0.360. The summed E-state index contributed by atoms with van der Waals surface area (Å²) < 4.78 is 0. The molecule has 0 aromatic rings. The van der Waals surface area contributed by atoms with Gasteiger partial charge in [0, 0.05) is 0 Å². The van der Waals surface area contributed by atoms with E-state index in [0.29, 0.717) is 0 Å². The molecule has 6 saturated carbocycles. The molecule has 0 radical (unpaired) electrons. The maximum Gasteiger partial charge on any atom is -0.0195 e. The van der Waals surface area contributed by atoms with Crippen LogP contribution in [0, 0.1) is 46.8 Å². The Kier molecular flexibility index (Phi) is 0.753. The van der Waals surface area contributed by atoms with E-state index < -0.39 is 0 Å². The fraction of sp³-hybridized carbons (Fsp3) is 1.00. The molecule has 0 amide bonds. The van der Waals surface area contributed by atoms with Gasteiger partial charge in [-0.15, -0.1) is 0 Å². The molecule has 0 heteroatoms. The van der Waals surface area contributed by atoms with Crippen molar-refractivity contribution >= 4 is 0 Å². The molecule has 2 bridgehead atoms. The zero-order valence-electron chi connectivity index (χ0n) is 8.37. The fourth-order valence-corrected chi connectivity index (χ4v) is 6.86. The van der Waals surface area contributed by atoms with Crippen LogP contribution in [0.2, 0.25) is 0 Å². The predicted octanol–water partition coefficient (Wildman–Crippen LogP) is 2.93. The lowest BCUT2D eigenvalue weighted by Gasteiger charge is -2.13. The normalized spacial score (nSPS) is 77.8. The molecular formula is C13H18. The molecule has 6 rings (SSSR count). The first kappa shape index (κ1) is 6.48. The van der Waals surface area contributed by atoms with Gasteiger partial charge in [-0.3, -0.25) is 0 Å². The Hall–Kier alpha value is 0. The van der Waals surface area contributed by atoms with E-state index in [-0.39, 0.29) is 0 Å². The van der Waals surface area contributed by atoms with Gasteiger partial charge in [-0.1, -0.05) is 19.8 Å². The van der Waals surface area contributed by atoms with E-state index in [1.165, 1.54) is 54.3 Å². The van der Waals surface area contributed by atoms with Crippen molar-refractivity contribution in [1.82, 2.24) is 0 Å². The van der Waals surface area contributed by atoms with Crippen LogP contribution in [-0.4, -0.2) is 0 Å². The Bertz CT molecular complexity index is 278. The molecule has 6 fully saturated rings. The highest BCUT2D eigenvalue weighted by molar-refractivity contribution is 5.43. The zero-order valence-corrected chi connectivity index (χ0v) is 8.37. The summed E-state index contributed by atoms with van der Waals surface area (Å²) in [5.41, 5.74) is 0.999. The highest BCUT2D eigenvalue weighted by Crippen LogP contribution is 3.00. The number of rotatable bonds is 3. The van der Waals surface area contributed by atoms with Gasteiger partial charge in [0.15, 0.2) is 0 Å². The third-order valence-corrected chi connectivity index (χ3v) is 6.69. The maximum absolute atomic E-state index is 2.36. The van der Waals surface area contributed by atoms with Gasteiger partial charge in [0.2, 0.25) is 0 Å². The first-order valence-corrected chi connectivity index (χ1v) is 6.41. The van der Waals surface area contributed by atoms with Gasteiger partial charge >= 0.3 is 0 Å². The third kappa shape index (κ3) is 0.397. The lowest BCUT2D eigenvalue weighted by atomic mass is 9.92. The monoisotopic (exact) mass is 174 g/mol. The van der Waals surface area contributed by atoms with Crippen LogP contribution in [0.1, 0.15) is 32.6 Å². The van der Waals surface area contributed by atoms with Gasteiger partial charge in [-0.25, -0.2) is 0 Å². The molecule has 0 aliphatic heterocycles. The number of hydrogen-bond acceptors (Lipinski definition) is 0. The van der Waals surface area contributed by atoms with Crippen LogP contribution < -0.4 is 0 Å². The minimum atomic E-state index is 0.999. The van der Waals surface area contributed by atoms with Crippen molar-refractivity contribution in [1.29, 1.82) is 0 Å². The average Bonchev–Trinajstić information content (AvgIpc) is 2.90. The van der Waals surface area contributed by atoms with Crippen LogP contribution in [0.25, 0.3) is 0 Å². The van der Waals surface area contributed by atoms with E-state index in [1.54, 1.807) is 12.8 Å². The Morgan fingerprint density at radius 2 is 1.77 bits per heavy atom. The first-order valence-electron chi connectivity index (χ1n) is 6.41. The van der Waals surface area contributed by atoms with Gasteiger partial charge in [0.25, 0.3) is 0 Å². The minimum Gasteiger partial charge on any atom is -0.0654 e.